The predicted molar refractivity (Wildman–Crippen MR) is 70.7 cm³/mol. The maximum atomic E-state index is 11.9. The molecule has 0 aromatic heterocycles. The zero-order valence-electron chi connectivity index (χ0n) is 10.6. The van der Waals surface area contributed by atoms with E-state index in [0.717, 1.165) is 13.1 Å². The van der Waals surface area contributed by atoms with E-state index in [2.05, 4.69) is 13.8 Å². The molecule has 2 amide bonds. The van der Waals surface area contributed by atoms with Gasteiger partial charge in [0.2, 0.25) is 11.8 Å². The van der Waals surface area contributed by atoms with E-state index in [9.17, 15) is 9.59 Å². The Bertz CT molecular complexity index is 274. The number of thioether (sulfide) groups is 1. The van der Waals surface area contributed by atoms with Gasteiger partial charge in [0.05, 0.1) is 5.75 Å². The van der Waals surface area contributed by atoms with Crippen LogP contribution >= 0.6 is 11.8 Å². The SMILES string of the molecule is C[C@@H]1C[C@@H](C)CN(C(=O)CCSCC(N)=O)C1. The highest BCUT2D eigenvalue weighted by atomic mass is 32.2. The molecule has 4 nitrogen and oxygen atoms in total. The number of carbonyl (C=O) groups is 2. The van der Waals surface area contributed by atoms with Crippen molar-refractivity contribution in [2.75, 3.05) is 24.6 Å². The molecule has 0 aliphatic carbocycles. The van der Waals surface area contributed by atoms with E-state index in [4.69, 9.17) is 5.73 Å². The lowest BCUT2D eigenvalue weighted by Crippen LogP contribution is -2.42. The lowest BCUT2D eigenvalue weighted by Gasteiger charge is -2.35. The molecule has 0 bridgehead atoms. The van der Waals surface area contributed by atoms with Gasteiger partial charge >= 0.3 is 0 Å². The van der Waals surface area contributed by atoms with Crippen molar-refractivity contribution in [1.82, 2.24) is 4.90 Å². The fraction of sp³-hybridized carbons (Fsp3) is 0.833. The predicted octanol–water partition coefficient (Wildman–Crippen LogP) is 1.10. The summed E-state index contributed by atoms with van der Waals surface area (Å²) in [4.78, 5) is 24.4. The van der Waals surface area contributed by atoms with E-state index < -0.39 is 0 Å². The highest BCUT2D eigenvalue weighted by Gasteiger charge is 2.24. The Hall–Kier alpha value is -0.710. The minimum absolute atomic E-state index is 0.209. The van der Waals surface area contributed by atoms with Gasteiger partial charge in [0.25, 0.3) is 0 Å². The molecule has 1 saturated heterocycles. The molecule has 1 rings (SSSR count). The minimum atomic E-state index is -0.317. The average molecular weight is 258 g/mol. The maximum absolute atomic E-state index is 11.9. The molecule has 2 N–H and O–H groups in total. The summed E-state index contributed by atoms with van der Waals surface area (Å²) in [6.45, 7) is 6.14. The number of nitrogens with two attached hydrogens (primary N) is 1. The first kappa shape index (κ1) is 14.4. The maximum Gasteiger partial charge on any atom is 0.227 e. The van der Waals surface area contributed by atoms with E-state index in [0.29, 0.717) is 29.8 Å². The second kappa shape index (κ2) is 6.89. The quantitative estimate of drug-likeness (QED) is 0.751. The highest BCUT2D eigenvalue weighted by molar-refractivity contribution is 7.99. The van der Waals surface area contributed by atoms with Crippen LogP contribution in [0.4, 0.5) is 0 Å². The highest BCUT2D eigenvalue weighted by Crippen LogP contribution is 2.21. The van der Waals surface area contributed by atoms with Crippen LogP contribution in [0, 0.1) is 11.8 Å². The third-order valence-corrected chi connectivity index (χ3v) is 3.91. The van der Waals surface area contributed by atoms with Crippen LogP contribution in [-0.4, -0.2) is 41.3 Å². The summed E-state index contributed by atoms with van der Waals surface area (Å²) in [5, 5.41) is 0. The van der Waals surface area contributed by atoms with Crippen molar-refractivity contribution in [3.05, 3.63) is 0 Å². The molecule has 0 aromatic carbocycles. The summed E-state index contributed by atoms with van der Waals surface area (Å²) in [5.74, 6) is 2.08. The van der Waals surface area contributed by atoms with Crippen LogP contribution in [0.25, 0.3) is 0 Å². The monoisotopic (exact) mass is 258 g/mol. The average Bonchev–Trinajstić information content (AvgIpc) is 2.22. The first-order valence-corrected chi connectivity index (χ1v) is 7.28. The van der Waals surface area contributed by atoms with E-state index in [-0.39, 0.29) is 11.8 Å². The number of rotatable bonds is 5. The van der Waals surface area contributed by atoms with Crippen molar-refractivity contribution in [2.45, 2.75) is 26.7 Å². The van der Waals surface area contributed by atoms with Gasteiger partial charge in [0.1, 0.15) is 0 Å². The number of hydrogen-bond acceptors (Lipinski definition) is 3. The molecule has 1 aliphatic heterocycles. The van der Waals surface area contributed by atoms with E-state index in [1.165, 1.54) is 18.2 Å². The van der Waals surface area contributed by atoms with Crippen LogP contribution in [-0.2, 0) is 9.59 Å². The third kappa shape index (κ3) is 5.44. The molecule has 1 heterocycles. The topological polar surface area (TPSA) is 63.4 Å². The minimum Gasteiger partial charge on any atom is -0.369 e. The summed E-state index contributed by atoms with van der Waals surface area (Å²) >= 11 is 1.43. The molecule has 1 aliphatic rings. The number of amides is 2. The van der Waals surface area contributed by atoms with Crippen LogP contribution in [0.2, 0.25) is 0 Å². The zero-order chi connectivity index (χ0) is 12.8. The first-order valence-electron chi connectivity index (χ1n) is 6.13. The van der Waals surface area contributed by atoms with Crippen molar-refractivity contribution >= 4 is 23.6 Å². The van der Waals surface area contributed by atoms with Crippen molar-refractivity contribution in [1.29, 1.82) is 0 Å². The summed E-state index contributed by atoms with van der Waals surface area (Å²) in [6, 6.07) is 0. The zero-order valence-corrected chi connectivity index (χ0v) is 11.5. The van der Waals surface area contributed by atoms with Gasteiger partial charge in [0, 0.05) is 25.3 Å². The Kier molecular flexibility index (Phi) is 5.82. The van der Waals surface area contributed by atoms with E-state index in [1.807, 2.05) is 4.90 Å². The van der Waals surface area contributed by atoms with Crippen LogP contribution in [0.15, 0.2) is 0 Å². The Labute approximate surface area is 107 Å². The van der Waals surface area contributed by atoms with E-state index >= 15 is 0 Å². The van der Waals surface area contributed by atoms with Crippen LogP contribution in [0.1, 0.15) is 26.7 Å². The molecule has 1 fully saturated rings. The van der Waals surface area contributed by atoms with Gasteiger partial charge in [-0.2, -0.15) is 11.8 Å². The van der Waals surface area contributed by atoms with Crippen molar-refractivity contribution in [3.8, 4) is 0 Å². The standard InChI is InChI=1S/C12H22N2O2S/c1-9-5-10(2)7-14(6-9)12(16)3-4-17-8-11(13)15/h9-10H,3-8H2,1-2H3,(H2,13,15)/t9-,10-/m1/s1. The normalized spacial score (nSPS) is 24.7. The fourth-order valence-electron chi connectivity index (χ4n) is 2.36. The Balaban J connectivity index is 2.24. The molecule has 98 valence electrons. The molecule has 0 saturated carbocycles. The Morgan fingerprint density at radius 3 is 2.41 bits per heavy atom. The smallest absolute Gasteiger partial charge is 0.227 e. The molecule has 0 aromatic rings. The molecular formula is C12H22N2O2S. The van der Waals surface area contributed by atoms with Gasteiger partial charge in [-0.25, -0.2) is 0 Å². The number of hydrogen-bond donors (Lipinski definition) is 1. The molecule has 5 heteroatoms. The van der Waals surface area contributed by atoms with Gasteiger partial charge < -0.3 is 10.6 Å². The van der Waals surface area contributed by atoms with Gasteiger partial charge in [0.15, 0.2) is 0 Å². The van der Waals surface area contributed by atoms with Crippen LogP contribution in [0.3, 0.4) is 0 Å². The molecule has 0 radical (unpaired) electrons. The number of primary amides is 1. The Morgan fingerprint density at radius 1 is 1.29 bits per heavy atom. The largest absolute Gasteiger partial charge is 0.369 e. The van der Waals surface area contributed by atoms with Crippen molar-refractivity contribution < 1.29 is 9.59 Å². The molecule has 2 atom stereocenters. The van der Waals surface area contributed by atoms with Crippen molar-refractivity contribution in [3.63, 3.8) is 0 Å². The van der Waals surface area contributed by atoms with Crippen LogP contribution in [0.5, 0.6) is 0 Å². The first-order chi connectivity index (χ1) is 7.99. The summed E-state index contributed by atoms with van der Waals surface area (Å²) in [7, 11) is 0. The summed E-state index contributed by atoms with van der Waals surface area (Å²) in [6.07, 6.45) is 1.72. The number of nitrogens with zero attached hydrogens (tertiary/aromatic N) is 1. The van der Waals surface area contributed by atoms with Crippen LogP contribution < -0.4 is 5.73 Å². The second-order valence-corrected chi connectivity index (χ2v) is 6.12. The fourth-order valence-corrected chi connectivity index (χ4v) is 3.02. The molecule has 0 unspecified atom stereocenters. The molecule has 0 spiro atoms. The van der Waals surface area contributed by atoms with Gasteiger partial charge in [-0.1, -0.05) is 13.8 Å². The van der Waals surface area contributed by atoms with Gasteiger partial charge in [-0.15, -0.1) is 0 Å². The van der Waals surface area contributed by atoms with E-state index in [1.54, 1.807) is 0 Å². The lowest BCUT2D eigenvalue weighted by atomic mass is 9.92. The molecular weight excluding hydrogens is 236 g/mol. The van der Waals surface area contributed by atoms with Gasteiger partial charge in [-0.05, 0) is 18.3 Å². The van der Waals surface area contributed by atoms with Crippen molar-refractivity contribution in [2.24, 2.45) is 17.6 Å². The van der Waals surface area contributed by atoms with Gasteiger partial charge in [-0.3, -0.25) is 9.59 Å². The number of carbonyl (C=O) groups excluding carboxylic acids is 2. The second-order valence-electron chi connectivity index (χ2n) is 5.01. The Morgan fingerprint density at radius 2 is 1.88 bits per heavy atom. The number of piperidine rings is 1. The lowest BCUT2D eigenvalue weighted by molar-refractivity contribution is -0.133. The summed E-state index contributed by atoms with van der Waals surface area (Å²) < 4.78 is 0. The third-order valence-electron chi connectivity index (χ3n) is 2.93. The summed E-state index contributed by atoms with van der Waals surface area (Å²) in [5.41, 5.74) is 5.03. The molecule has 17 heavy (non-hydrogen) atoms. The number of likely N-dealkylation sites (tertiary alicyclic amines) is 1.